The molecule has 3 aliphatic rings. The van der Waals surface area contributed by atoms with Gasteiger partial charge in [0.1, 0.15) is 17.0 Å². The van der Waals surface area contributed by atoms with E-state index in [1.165, 1.54) is 17.0 Å². The second kappa shape index (κ2) is 11.8. The molecule has 0 radical (unpaired) electrons. The standard InChI is InChI=1S/C31H34F2N4O4S/c32-23-8-9-24(33)26(16-23)42-28-18-41-15-14-37(28)29(39)35-13-12-31(40,30(19-35)10-4-5-11-30)20-36-21-34-25(17-27(36)38)22-6-2-1-3-7-22/h1-3,6-9,16-17,21,28,40H,4-5,10-15,18-20H2/t28-,31-/m1/s1. The quantitative estimate of drug-likeness (QED) is 0.457. The van der Waals surface area contributed by atoms with Crippen LogP contribution >= 0.6 is 11.8 Å². The highest BCUT2D eigenvalue weighted by Gasteiger charge is 2.56. The summed E-state index contributed by atoms with van der Waals surface area (Å²) in [5.74, 6) is -1.09. The summed E-state index contributed by atoms with van der Waals surface area (Å²) in [4.78, 5) is 35.1. The van der Waals surface area contributed by atoms with Gasteiger partial charge < -0.3 is 19.6 Å². The van der Waals surface area contributed by atoms with E-state index in [2.05, 4.69) is 4.98 Å². The first-order valence-electron chi connectivity index (χ1n) is 14.4. The van der Waals surface area contributed by atoms with E-state index in [9.17, 15) is 23.5 Å². The van der Waals surface area contributed by atoms with Gasteiger partial charge in [0, 0.05) is 41.6 Å². The van der Waals surface area contributed by atoms with Crippen molar-refractivity contribution in [3.63, 3.8) is 0 Å². The van der Waals surface area contributed by atoms with Crippen molar-refractivity contribution in [3.05, 3.63) is 82.9 Å². The van der Waals surface area contributed by atoms with Crippen molar-refractivity contribution in [1.82, 2.24) is 19.4 Å². The smallest absolute Gasteiger partial charge is 0.321 e. The molecule has 1 N–H and O–H groups in total. The third kappa shape index (κ3) is 5.57. The maximum Gasteiger partial charge on any atom is 0.321 e. The number of amides is 2. The van der Waals surface area contributed by atoms with Gasteiger partial charge in [-0.05, 0) is 37.5 Å². The number of carbonyl (C=O) groups excluding carboxylic acids is 1. The second-order valence-electron chi connectivity index (χ2n) is 11.5. The molecule has 2 amide bonds. The number of aliphatic hydroxyl groups is 1. The molecular formula is C31H34F2N4O4S. The highest BCUT2D eigenvalue weighted by atomic mass is 32.2. The Morgan fingerprint density at radius 3 is 2.62 bits per heavy atom. The predicted molar refractivity (Wildman–Crippen MR) is 155 cm³/mol. The van der Waals surface area contributed by atoms with Gasteiger partial charge in [-0.2, -0.15) is 0 Å². The molecule has 1 saturated carbocycles. The highest BCUT2D eigenvalue weighted by Crippen LogP contribution is 2.52. The van der Waals surface area contributed by atoms with E-state index in [0.717, 1.165) is 61.2 Å². The van der Waals surface area contributed by atoms with E-state index in [-0.39, 0.29) is 29.6 Å². The molecule has 3 aromatic rings. The Labute approximate surface area is 247 Å². The fourth-order valence-corrected chi connectivity index (χ4v) is 7.79. The van der Waals surface area contributed by atoms with E-state index >= 15 is 0 Å². The summed E-state index contributed by atoms with van der Waals surface area (Å²) in [5, 5.41) is 11.6. The largest absolute Gasteiger partial charge is 0.387 e. The van der Waals surface area contributed by atoms with Crippen molar-refractivity contribution in [2.45, 2.75) is 54.5 Å². The minimum absolute atomic E-state index is 0.102. The molecule has 2 aliphatic heterocycles. The minimum Gasteiger partial charge on any atom is -0.387 e. The van der Waals surface area contributed by atoms with Crippen molar-refractivity contribution in [3.8, 4) is 11.3 Å². The van der Waals surface area contributed by atoms with Gasteiger partial charge in [0.05, 0.1) is 37.4 Å². The van der Waals surface area contributed by atoms with Gasteiger partial charge in [-0.3, -0.25) is 9.36 Å². The minimum atomic E-state index is -1.19. The van der Waals surface area contributed by atoms with Crippen LogP contribution in [0.2, 0.25) is 0 Å². The Kier molecular flexibility index (Phi) is 8.08. The number of halogens is 2. The van der Waals surface area contributed by atoms with Gasteiger partial charge in [-0.15, -0.1) is 0 Å². The SMILES string of the molecule is O=C(N1CC[C@@](O)(Cn2cnc(-c3ccccc3)cc2=O)C2(CCCC2)C1)N1CCOC[C@H]1Sc1cc(F)ccc1F. The van der Waals surface area contributed by atoms with Crippen LogP contribution < -0.4 is 5.56 Å². The molecule has 42 heavy (non-hydrogen) atoms. The summed E-state index contributed by atoms with van der Waals surface area (Å²) >= 11 is 1.08. The summed E-state index contributed by atoms with van der Waals surface area (Å²) < 4.78 is 35.3. The van der Waals surface area contributed by atoms with Crippen molar-refractivity contribution in [1.29, 1.82) is 0 Å². The monoisotopic (exact) mass is 596 g/mol. The Balaban J connectivity index is 1.20. The molecule has 3 heterocycles. The summed E-state index contributed by atoms with van der Waals surface area (Å²) in [6.07, 6.45) is 5.16. The van der Waals surface area contributed by atoms with Gasteiger partial charge in [0.25, 0.3) is 5.56 Å². The number of aromatic nitrogens is 2. The highest BCUT2D eigenvalue weighted by molar-refractivity contribution is 8.00. The van der Waals surface area contributed by atoms with Crippen LogP contribution in [0.25, 0.3) is 11.3 Å². The molecule has 11 heteroatoms. The van der Waals surface area contributed by atoms with E-state index in [1.54, 1.807) is 9.80 Å². The van der Waals surface area contributed by atoms with E-state index in [4.69, 9.17) is 4.74 Å². The number of urea groups is 1. The Hall–Kier alpha value is -3.28. The number of hydrogen-bond donors (Lipinski definition) is 1. The number of carbonyl (C=O) groups is 1. The Morgan fingerprint density at radius 2 is 1.86 bits per heavy atom. The lowest BCUT2D eigenvalue weighted by Gasteiger charge is -2.53. The number of morpholine rings is 1. The van der Waals surface area contributed by atoms with Crippen molar-refractivity contribution in [2.24, 2.45) is 5.41 Å². The zero-order valence-electron chi connectivity index (χ0n) is 23.3. The van der Waals surface area contributed by atoms with Crippen LogP contribution in [-0.4, -0.2) is 74.3 Å². The van der Waals surface area contributed by atoms with Crippen LogP contribution in [0, 0.1) is 17.0 Å². The molecule has 1 aliphatic carbocycles. The lowest BCUT2D eigenvalue weighted by Crippen LogP contribution is -2.64. The lowest BCUT2D eigenvalue weighted by molar-refractivity contribution is -0.137. The molecule has 222 valence electrons. The Bertz CT molecular complexity index is 1500. The van der Waals surface area contributed by atoms with Crippen molar-refractivity contribution >= 4 is 17.8 Å². The molecule has 0 bridgehead atoms. The number of benzene rings is 2. The first kappa shape index (κ1) is 28.8. The zero-order chi connectivity index (χ0) is 29.3. The van der Waals surface area contributed by atoms with Crippen LogP contribution in [0.4, 0.5) is 13.6 Å². The van der Waals surface area contributed by atoms with Crippen LogP contribution in [0.1, 0.15) is 32.1 Å². The molecule has 1 spiro atoms. The van der Waals surface area contributed by atoms with Crippen molar-refractivity contribution in [2.75, 3.05) is 32.8 Å². The van der Waals surface area contributed by atoms with Crippen molar-refractivity contribution < 1.29 is 23.4 Å². The van der Waals surface area contributed by atoms with Crippen LogP contribution in [0.15, 0.2) is 70.6 Å². The van der Waals surface area contributed by atoms with Gasteiger partial charge in [-0.1, -0.05) is 54.9 Å². The van der Waals surface area contributed by atoms with E-state index in [0.29, 0.717) is 38.4 Å². The maximum atomic E-state index is 14.4. The molecule has 2 saturated heterocycles. The third-order valence-electron chi connectivity index (χ3n) is 8.97. The van der Waals surface area contributed by atoms with E-state index in [1.807, 2.05) is 30.3 Å². The molecule has 1 aromatic heterocycles. The number of likely N-dealkylation sites (tertiary alicyclic amines) is 1. The average molecular weight is 597 g/mol. The van der Waals surface area contributed by atoms with Crippen LogP contribution in [-0.2, 0) is 11.3 Å². The fourth-order valence-electron chi connectivity index (χ4n) is 6.65. The maximum absolute atomic E-state index is 14.4. The predicted octanol–water partition coefficient (Wildman–Crippen LogP) is 4.76. The Morgan fingerprint density at radius 1 is 1.07 bits per heavy atom. The van der Waals surface area contributed by atoms with Gasteiger partial charge >= 0.3 is 6.03 Å². The topological polar surface area (TPSA) is 87.9 Å². The first-order chi connectivity index (χ1) is 20.3. The lowest BCUT2D eigenvalue weighted by atomic mass is 9.66. The normalized spacial score (nSPS) is 23.8. The number of thioether (sulfide) groups is 1. The molecule has 2 aromatic carbocycles. The average Bonchev–Trinajstić information content (AvgIpc) is 3.48. The van der Waals surface area contributed by atoms with Crippen LogP contribution in [0.5, 0.6) is 0 Å². The molecule has 0 unspecified atom stereocenters. The number of nitrogens with zero attached hydrogens (tertiary/aromatic N) is 4. The summed E-state index contributed by atoms with van der Waals surface area (Å²) in [5.41, 5.74) is -0.566. The number of rotatable bonds is 5. The molecular weight excluding hydrogens is 562 g/mol. The second-order valence-corrected chi connectivity index (χ2v) is 12.7. The first-order valence-corrected chi connectivity index (χ1v) is 15.2. The number of ether oxygens (including phenoxy) is 1. The zero-order valence-corrected chi connectivity index (χ0v) is 24.1. The summed E-state index contributed by atoms with van der Waals surface area (Å²) in [6.45, 7) is 1.65. The van der Waals surface area contributed by atoms with Gasteiger partial charge in [0.2, 0.25) is 0 Å². The van der Waals surface area contributed by atoms with Gasteiger partial charge in [0.15, 0.2) is 0 Å². The number of hydrogen-bond acceptors (Lipinski definition) is 6. The number of piperidine rings is 1. The van der Waals surface area contributed by atoms with Crippen LogP contribution in [0.3, 0.4) is 0 Å². The molecule has 6 rings (SSSR count). The summed E-state index contributed by atoms with van der Waals surface area (Å²) in [7, 11) is 0. The van der Waals surface area contributed by atoms with Gasteiger partial charge in [-0.25, -0.2) is 18.6 Å². The fraction of sp³-hybridized carbons (Fsp3) is 0.452. The molecule has 3 fully saturated rings. The summed E-state index contributed by atoms with van der Waals surface area (Å²) in [6, 6.07) is 14.1. The molecule has 2 atom stereocenters. The third-order valence-corrected chi connectivity index (χ3v) is 10.2. The van der Waals surface area contributed by atoms with E-state index < -0.39 is 28.0 Å². The molecule has 8 nitrogen and oxygen atoms in total.